The van der Waals surface area contributed by atoms with Gasteiger partial charge in [-0.3, -0.25) is 0 Å². The Labute approximate surface area is 108 Å². The zero-order valence-corrected chi connectivity index (χ0v) is 11.2. The standard InChI is InChI=1S/C13H21NO4/c1-16-11-5-4-10(6-7-14-8-9-15)12(17-2)13(11)18-3/h4-5,14-15H,6-9H2,1-3H3. The van der Waals surface area contributed by atoms with Crippen LogP contribution in [0.2, 0.25) is 0 Å². The number of ether oxygens (including phenoxy) is 3. The molecule has 0 amide bonds. The fourth-order valence-corrected chi connectivity index (χ4v) is 1.79. The number of hydrogen-bond acceptors (Lipinski definition) is 5. The predicted molar refractivity (Wildman–Crippen MR) is 69.8 cm³/mol. The third-order valence-corrected chi connectivity index (χ3v) is 2.65. The fourth-order valence-electron chi connectivity index (χ4n) is 1.79. The summed E-state index contributed by atoms with van der Waals surface area (Å²) in [4.78, 5) is 0. The number of rotatable bonds is 8. The second-order valence-corrected chi connectivity index (χ2v) is 3.72. The summed E-state index contributed by atoms with van der Waals surface area (Å²) in [5, 5.41) is 11.8. The van der Waals surface area contributed by atoms with Crippen LogP contribution in [-0.2, 0) is 6.42 Å². The molecule has 0 fully saturated rings. The molecule has 1 rings (SSSR count). The molecule has 1 aromatic carbocycles. The smallest absolute Gasteiger partial charge is 0.203 e. The topological polar surface area (TPSA) is 60.0 Å². The highest BCUT2D eigenvalue weighted by atomic mass is 16.5. The van der Waals surface area contributed by atoms with Gasteiger partial charge in [-0.05, 0) is 24.6 Å². The predicted octanol–water partition coefficient (Wildman–Crippen LogP) is 0.837. The van der Waals surface area contributed by atoms with Gasteiger partial charge in [-0.2, -0.15) is 0 Å². The summed E-state index contributed by atoms with van der Waals surface area (Å²) in [7, 11) is 4.80. The maximum atomic E-state index is 8.69. The number of aliphatic hydroxyl groups is 1. The Morgan fingerprint density at radius 1 is 1.00 bits per heavy atom. The van der Waals surface area contributed by atoms with Gasteiger partial charge >= 0.3 is 0 Å². The number of nitrogens with one attached hydrogen (secondary N) is 1. The van der Waals surface area contributed by atoms with Crippen molar-refractivity contribution in [3.8, 4) is 17.2 Å². The molecule has 0 heterocycles. The maximum Gasteiger partial charge on any atom is 0.203 e. The van der Waals surface area contributed by atoms with Crippen LogP contribution >= 0.6 is 0 Å². The zero-order valence-electron chi connectivity index (χ0n) is 11.2. The molecule has 0 saturated heterocycles. The summed E-state index contributed by atoms with van der Waals surface area (Å²) in [5.41, 5.74) is 1.04. The van der Waals surface area contributed by atoms with E-state index in [-0.39, 0.29) is 6.61 Å². The van der Waals surface area contributed by atoms with Gasteiger partial charge < -0.3 is 24.6 Å². The summed E-state index contributed by atoms with van der Waals surface area (Å²) in [6.45, 7) is 1.51. The summed E-state index contributed by atoms with van der Waals surface area (Å²) < 4.78 is 15.9. The first-order valence-electron chi connectivity index (χ1n) is 5.87. The van der Waals surface area contributed by atoms with E-state index in [2.05, 4.69) is 5.32 Å². The summed E-state index contributed by atoms with van der Waals surface area (Å²) in [6, 6.07) is 3.82. The zero-order chi connectivity index (χ0) is 13.4. The van der Waals surface area contributed by atoms with E-state index in [0.29, 0.717) is 23.8 Å². The van der Waals surface area contributed by atoms with E-state index in [1.54, 1.807) is 21.3 Å². The van der Waals surface area contributed by atoms with Crippen molar-refractivity contribution in [1.82, 2.24) is 5.32 Å². The Bertz CT molecular complexity index is 368. The van der Waals surface area contributed by atoms with Crippen LogP contribution in [0, 0.1) is 0 Å². The molecule has 0 aliphatic carbocycles. The first kappa shape index (κ1) is 14.6. The van der Waals surface area contributed by atoms with Gasteiger partial charge in [0, 0.05) is 6.54 Å². The summed E-state index contributed by atoms with van der Waals surface area (Å²) in [6.07, 6.45) is 0.795. The van der Waals surface area contributed by atoms with Gasteiger partial charge in [-0.1, -0.05) is 6.07 Å². The Balaban J connectivity index is 2.84. The Kier molecular flexibility index (Phi) is 6.32. The molecule has 5 heteroatoms. The van der Waals surface area contributed by atoms with E-state index < -0.39 is 0 Å². The molecule has 0 radical (unpaired) electrons. The molecule has 0 atom stereocenters. The average molecular weight is 255 g/mol. The van der Waals surface area contributed by atoms with Crippen molar-refractivity contribution in [2.75, 3.05) is 41.0 Å². The van der Waals surface area contributed by atoms with Crippen LogP contribution in [0.4, 0.5) is 0 Å². The van der Waals surface area contributed by atoms with Crippen molar-refractivity contribution < 1.29 is 19.3 Å². The minimum atomic E-state index is 0.142. The lowest BCUT2D eigenvalue weighted by molar-refractivity contribution is 0.292. The van der Waals surface area contributed by atoms with Gasteiger partial charge in [0.05, 0.1) is 27.9 Å². The molecule has 5 nitrogen and oxygen atoms in total. The van der Waals surface area contributed by atoms with Gasteiger partial charge in [-0.25, -0.2) is 0 Å². The lowest BCUT2D eigenvalue weighted by atomic mass is 10.1. The van der Waals surface area contributed by atoms with E-state index in [4.69, 9.17) is 19.3 Å². The van der Waals surface area contributed by atoms with E-state index in [9.17, 15) is 0 Å². The molecule has 0 saturated carbocycles. The molecule has 2 N–H and O–H groups in total. The molecule has 0 unspecified atom stereocenters. The fraction of sp³-hybridized carbons (Fsp3) is 0.538. The molecule has 0 aromatic heterocycles. The van der Waals surface area contributed by atoms with Crippen molar-refractivity contribution in [2.45, 2.75) is 6.42 Å². The Morgan fingerprint density at radius 3 is 2.28 bits per heavy atom. The largest absolute Gasteiger partial charge is 0.493 e. The van der Waals surface area contributed by atoms with Crippen LogP contribution in [-0.4, -0.2) is 46.1 Å². The lowest BCUT2D eigenvalue weighted by Crippen LogP contribution is -2.21. The van der Waals surface area contributed by atoms with Crippen molar-refractivity contribution >= 4 is 0 Å². The average Bonchev–Trinajstić information content (AvgIpc) is 2.42. The van der Waals surface area contributed by atoms with E-state index in [1.807, 2.05) is 12.1 Å². The Morgan fingerprint density at radius 2 is 1.72 bits per heavy atom. The number of methoxy groups -OCH3 is 3. The molecule has 0 aliphatic heterocycles. The molecule has 1 aromatic rings. The highest BCUT2D eigenvalue weighted by molar-refractivity contribution is 5.55. The quantitative estimate of drug-likeness (QED) is 0.674. The van der Waals surface area contributed by atoms with Crippen LogP contribution in [0.5, 0.6) is 17.2 Å². The third-order valence-electron chi connectivity index (χ3n) is 2.65. The summed E-state index contributed by atoms with van der Waals surface area (Å²) >= 11 is 0. The van der Waals surface area contributed by atoms with Crippen molar-refractivity contribution in [1.29, 1.82) is 0 Å². The normalized spacial score (nSPS) is 10.2. The molecular weight excluding hydrogens is 234 g/mol. The van der Waals surface area contributed by atoms with Crippen molar-refractivity contribution in [3.05, 3.63) is 17.7 Å². The molecule has 102 valence electrons. The monoisotopic (exact) mass is 255 g/mol. The van der Waals surface area contributed by atoms with Gasteiger partial charge in [-0.15, -0.1) is 0 Å². The lowest BCUT2D eigenvalue weighted by Gasteiger charge is -2.15. The Hall–Kier alpha value is -1.46. The van der Waals surface area contributed by atoms with Crippen LogP contribution in [0.25, 0.3) is 0 Å². The minimum Gasteiger partial charge on any atom is -0.493 e. The minimum absolute atomic E-state index is 0.142. The first-order valence-corrected chi connectivity index (χ1v) is 5.87. The second kappa shape index (κ2) is 7.79. The van der Waals surface area contributed by atoms with Gasteiger partial charge in [0.15, 0.2) is 11.5 Å². The highest BCUT2D eigenvalue weighted by Gasteiger charge is 2.15. The number of benzene rings is 1. The molecule has 0 bridgehead atoms. The SMILES string of the molecule is COc1ccc(CCNCCO)c(OC)c1OC. The van der Waals surface area contributed by atoms with E-state index >= 15 is 0 Å². The van der Waals surface area contributed by atoms with E-state index in [0.717, 1.165) is 18.5 Å². The third kappa shape index (κ3) is 3.51. The van der Waals surface area contributed by atoms with Crippen LogP contribution in [0.1, 0.15) is 5.56 Å². The van der Waals surface area contributed by atoms with E-state index in [1.165, 1.54) is 0 Å². The van der Waals surface area contributed by atoms with Gasteiger partial charge in [0.25, 0.3) is 0 Å². The molecule has 18 heavy (non-hydrogen) atoms. The maximum absolute atomic E-state index is 8.69. The van der Waals surface area contributed by atoms with Gasteiger partial charge in [0.2, 0.25) is 5.75 Å². The first-order chi connectivity index (χ1) is 8.78. The summed E-state index contributed by atoms with van der Waals surface area (Å²) in [5.74, 6) is 1.96. The van der Waals surface area contributed by atoms with Gasteiger partial charge in [0.1, 0.15) is 0 Å². The van der Waals surface area contributed by atoms with Crippen LogP contribution in [0.15, 0.2) is 12.1 Å². The number of aliphatic hydroxyl groups excluding tert-OH is 1. The molecular formula is C13H21NO4. The number of hydrogen-bond donors (Lipinski definition) is 2. The van der Waals surface area contributed by atoms with Crippen LogP contribution in [0.3, 0.4) is 0 Å². The second-order valence-electron chi connectivity index (χ2n) is 3.72. The van der Waals surface area contributed by atoms with Crippen molar-refractivity contribution in [3.63, 3.8) is 0 Å². The van der Waals surface area contributed by atoms with Crippen molar-refractivity contribution in [2.24, 2.45) is 0 Å². The van der Waals surface area contributed by atoms with Crippen LogP contribution < -0.4 is 19.5 Å². The molecule has 0 spiro atoms. The molecule has 0 aliphatic rings. The highest BCUT2D eigenvalue weighted by Crippen LogP contribution is 2.39.